The maximum Gasteiger partial charge on any atom is 0.276 e. The minimum Gasteiger partial charge on any atom is -0.461 e. The summed E-state index contributed by atoms with van der Waals surface area (Å²) in [6, 6.07) is 5.22. The predicted octanol–water partition coefficient (Wildman–Crippen LogP) is 2.13. The highest BCUT2D eigenvalue weighted by Crippen LogP contribution is 2.25. The van der Waals surface area contributed by atoms with Gasteiger partial charge in [0.25, 0.3) is 5.91 Å². The van der Waals surface area contributed by atoms with Crippen LogP contribution >= 0.6 is 0 Å². The summed E-state index contributed by atoms with van der Waals surface area (Å²) >= 11 is 0. The highest BCUT2D eigenvalue weighted by Gasteiger charge is 2.31. The van der Waals surface area contributed by atoms with E-state index < -0.39 is 0 Å². The lowest BCUT2D eigenvalue weighted by Crippen LogP contribution is -2.49. The van der Waals surface area contributed by atoms with Crippen LogP contribution in [-0.2, 0) is 0 Å². The molecule has 6 heteroatoms. The van der Waals surface area contributed by atoms with Gasteiger partial charge in [0.1, 0.15) is 0 Å². The van der Waals surface area contributed by atoms with Gasteiger partial charge in [0.2, 0.25) is 5.76 Å². The van der Waals surface area contributed by atoms with Crippen LogP contribution in [0.15, 0.2) is 33.4 Å². The summed E-state index contributed by atoms with van der Waals surface area (Å²) in [7, 11) is 0. The summed E-state index contributed by atoms with van der Waals surface area (Å²) in [4.78, 5) is 14.4. The molecule has 0 radical (unpaired) electrons. The van der Waals surface area contributed by atoms with Crippen LogP contribution in [0.4, 0.5) is 0 Å². The molecule has 1 fully saturated rings. The van der Waals surface area contributed by atoms with Crippen LogP contribution in [0.25, 0.3) is 11.5 Å². The number of piperidine rings is 1. The fraction of sp³-hybridized carbons (Fsp3) is 0.467. The monoisotopic (exact) mass is 289 g/mol. The first-order chi connectivity index (χ1) is 10.2. The second kappa shape index (κ2) is 5.73. The average molecular weight is 289 g/mol. The normalized spacial score (nSPS) is 22.5. The Hall–Kier alpha value is -2.08. The van der Waals surface area contributed by atoms with Crippen molar-refractivity contribution in [2.75, 3.05) is 13.1 Å². The van der Waals surface area contributed by atoms with E-state index in [0.717, 1.165) is 12.8 Å². The number of amides is 1. The third-order valence-corrected chi connectivity index (χ3v) is 4.00. The smallest absolute Gasteiger partial charge is 0.276 e. The van der Waals surface area contributed by atoms with Gasteiger partial charge in [0.05, 0.1) is 6.26 Å². The molecule has 1 aliphatic rings. The minimum atomic E-state index is -0.126. The molecule has 0 aliphatic carbocycles. The van der Waals surface area contributed by atoms with E-state index in [-0.39, 0.29) is 11.9 Å². The van der Waals surface area contributed by atoms with Crippen molar-refractivity contribution >= 4 is 5.91 Å². The summed E-state index contributed by atoms with van der Waals surface area (Å²) in [6.45, 7) is 3.37. The van der Waals surface area contributed by atoms with Gasteiger partial charge in [-0.1, -0.05) is 12.1 Å². The van der Waals surface area contributed by atoms with Gasteiger partial charge in [0.15, 0.2) is 11.5 Å². The third-order valence-electron chi connectivity index (χ3n) is 4.00. The number of aromatic nitrogens is 1. The van der Waals surface area contributed by atoms with E-state index in [2.05, 4.69) is 12.1 Å². The summed E-state index contributed by atoms with van der Waals surface area (Å²) in [5.74, 6) is 1.49. The van der Waals surface area contributed by atoms with Crippen LogP contribution < -0.4 is 5.73 Å². The SMILES string of the molecule is CC1CCN(C(=O)c2cc(-c3ccco3)on2)C(CN)C1. The Morgan fingerprint density at radius 3 is 3.10 bits per heavy atom. The lowest BCUT2D eigenvalue weighted by molar-refractivity contribution is 0.0563. The summed E-state index contributed by atoms with van der Waals surface area (Å²) in [6.07, 6.45) is 3.48. The molecule has 6 nitrogen and oxygen atoms in total. The van der Waals surface area contributed by atoms with Crippen molar-refractivity contribution in [3.8, 4) is 11.5 Å². The first-order valence-corrected chi connectivity index (χ1v) is 7.20. The number of nitrogens with two attached hydrogens (primary N) is 1. The van der Waals surface area contributed by atoms with Gasteiger partial charge in [-0.25, -0.2) is 0 Å². The van der Waals surface area contributed by atoms with E-state index in [9.17, 15) is 4.79 Å². The van der Waals surface area contributed by atoms with Crippen molar-refractivity contribution in [3.05, 3.63) is 30.2 Å². The van der Waals surface area contributed by atoms with E-state index in [1.807, 2.05) is 4.90 Å². The van der Waals surface area contributed by atoms with Gasteiger partial charge in [-0.15, -0.1) is 0 Å². The maximum absolute atomic E-state index is 12.6. The van der Waals surface area contributed by atoms with E-state index >= 15 is 0 Å². The number of carbonyl (C=O) groups is 1. The number of hydrogen-bond acceptors (Lipinski definition) is 5. The number of likely N-dealkylation sites (tertiary alicyclic amines) is 1. The molecule has 0 saturated carbocycles. The molecule has 2 aromatic heterocycles. The molecule has 21 heavy (non-hydrogen) atoms. The molecule has 3 heterocycles. The van der Waals surface area contributed by atoms with Crippen molar-refractivity contribution in [2.24, 2.45) is 11.7 Å². The van der Waals surface area contributed by atoms with Gasteiger partial charge in [0, 0.05) is 25.2 Å². The molecule has 2 unspecified atom stereocenters. The molecule has 1 saturated heterocycles. The van der Waals surface area contributed by atoms with Crippen LogP contribution in [0.1, 0.15) is 30.3 Å². The molecule has 112 valence electrons. The quantitative estimate of drug-likeness (QED) is 0.935. The molecule has 0 spiro atoms. The Bertz CT molecular complexity index is 605. The standard InChI is InChI=1S/C15H19N3O3/c1-10-4-5-18(11(7-10)9-16)15(19)12-8-14(21-17-12)13-3-2-6-20-13/h2-3,6,8,10-11H,4-5,7,9,16H2,1H3. The Morgan fingerprint density at radius 2 is 2.38 bits per heavy atom. The first-order valence-electron chi connectivity index (χ1n) is 7.20. The minimum absolute atomic E-state index is 0.0741. The van der Waals surface area contributed by atoms with Crippen molar-refractivity contribution in [1.29, 1.82) is 0 Å². The lowest BCUT2D eigenvalue weighted by Gasteiger charge is -2.37. The highest BCUT2D eigenvalue weighted by atomic mass is 16.5. The Morgan fingerprint density at radius 1 is 1.52 bits per heavy atom. The zero-order chi connectivity index (χ0) is 14.8. The number of hydrogen-bond donors (Lipinski definition) is 1. The molecule has 2 N–H and O–H groups in total. The van der Waals surface area contributed by atoms with Crippen molar-refractivity contribution < 1.29 is 13.7 Å². The molecule has 0 aromatic carbocycles. The zero-order valence-corrected chi connectivity index (χ0v) is 12.0. The first kappa shape index (κ1) is 13.9. The lowest BCUT2D eigenvalue weighted by atomic mass is 9.92. The van der Waals surface area contributed by atoms with Gasteiger partial charge in [-0.05, 0) is 30.9 Å². The van der Waals surface area contributed by atoms with Gasteiger partial charge in [-0.3, -0.25) is 4.79 Å². The molecule has 2 atom stereocenters. The van der Waals surface area contributed by atoms with Crippen LogP contribution in [0.2, 0.25) is 0 Å². The summed E-state index contributed by atoms with van der Waals surface area (Å²) in [5, 5.41) is 3.87. The Labute approximate surface area is 122 Å². The number of furan rings is 1. The fourth-order valence-corrected chi connectivity index (χ4v) is 2.80. The number of nitrogens with zero attached hydrogens (tertiary/aromatic N) is 2. The van der Waals surface area contributed by atoms with Crippen molar-refractivity contribution in [2.45, 2.75) is 25.8 Å². The predicted molar refractivity (Wildman–Crippen MR) is 76.5 cm³/mol. The molecule has 2 aromatic rings. The van der Waals surface area contributed by atoms with E-state index in [4.69, 9.17) is 14.7 Å². The second-order valence-electron chi connectivity index (χ2n) is 5.57. The fourth-order valence-electron chi connectivity index (χ4n) is 2.80. The van der Waals surface area contributed by atoms with Crippen molar-refractivity contribution in [1.82, 2.24) is 10.1 Å². The Balaban J connectivity index is 1.78. The number of rotatable bonds is 3. The van der Waals surface area contributed by atoms with Gasteiger partial charge in [-0.2, -0.15) is 0 Å². The van der Waals surface area contributed by atoms with Gasteiger partial charge < -0.3 is 19.6 Å². The summed E-state index contributed by atoms with van der Waals surface area (Å²) in [5.41, 5.74) is 6.10. The number of carbonyl (C=O) groups excluding carboxylic acids is 1. The third kappa shape index (κ3) is 2.71. The molecule has 1 amide bonds. The van der Waals surface area contributed by atoms with Crippen LogP contribution in [-0.4, -0.2) is 35.1 Å². The Kier molecular flexibility index (Phi) is 3.79. The molecule has 3 rings (SSSR count). The van der Waals surface area contributed by atoms with E-state index in [1.54, 1.807) is 24.5 Å². The average Bonchev–Trinajstić information content (AvgIpc) is 3.17. The summed E-state index contributed by atoms with van der Waals surface area (Å²) < 4.78 is 10.4. The van der Waals surface area contributed by atoms with Crippen LogP contribution in [0.3, 0.4) is 0 Å². The van der Waals surface area contributed by atoms with Gasteiger partial charge >= 0.3 is 0 Å². The van der Waals surface area contributed by atoms with Crippen LogP contribution in [0, 0.1) is 5.92 Å². The largest absolute Gasteiger partial charge is 0.461 e. The molecular formula is C15H19N3O3. The molecule has 0 bridgehead atoms. The molecular weight excluding hydrogens is 270 g/mol. The molecule has 1 aliphatic heterocycles. The topological polar surface area (TPSA) is 85.5 Å². The maximum atomic E-state index is 12.6. The zero-order valence-electron chi connectivity index (χ0n) is 12.0. The highest BCUT2D eigenvalue weighted by molar-refractivity contribution is 5.93. The van der Waals surface area contributed by atoms with E-state index in [0.29, 0.717) is 36.2 Å². The van der Waals surface area contributed by atoms with E-state index in [1.165, 1.54) is 0 Å². The second-order valence-corrected chi connectivity index (χ2v) is 5.57. The van der Waals surface area contributed by atoms with Crippen molar-refractivity contribution in [3.63, 3.8) is 0 Å². The van der Waals surface area contributed by atoms with Crippen LogP contribution in [0.5, 0.6) is 0 Å².